The van der Waals surface area contributed by atoms with Gasteiger partial charge in [-0.2, -0.15) is 0 Å². The summed E-state index contributed by atoms with van der Waals surface area (Å²) in [7, 11) is 0. The molecule has 0 spiro atoms. The molecule has 2 rings (SSSR count). The fourth-order valence-electron chi connectivity index (χ4n) is 1.94. The van der Waals surface area contributed by atoms with E-state index in [1.165, 1.54) is 12.5 Å². The summed E-state index contributed by atoms with van der Waals surface area (Å²) in [4.78, 5) is 14.0. The molecule has 0 aromatic carbocycles. The topological polar surface area (TPSA) is 58.9 Å². The zero-order valence-electron chi connectivity index (χ0n) is 8.36. The van der Waals surface area contributed by atoms with Gasteiger partial charge in [0.2, 0.25) is 5.56 Å². The molecule has 1 aromatic rings. The Morgan fingerprint density at radius 3 is 2.40 bits per heavy atom. The second kappa shape index (κ2) is 5.54. The third kappa shape index (κ3) is 2.54. The van der Waals surface area contributed by atoms with Crippen molar-refractivity contribution in [2.45, 2.75) is 24.7 Å². The van der Waals surface area contributed by atoms with Gasteiger partial charge in [-0.05, 0) is 18.9 Å². The summed E-state index contributed by atoms with van der Waals surface area (Å²) in [6.07, 6.45) is 3.42. The van der Waals surface area contributed by atoms with Gasteiger partial charge in [-0.3, -0.25) is 4.79 Å². The van der Waals surface area contributed by atoms with Crippen LogP contribution in [0.2, 0.25) is 0 Å². The van der Waals surface area contributed by atoms with Gasteiger partial charge in [0.25, 0.3) is 0 Å². The Balaban J connectivity index is 0.000000980. The summed E-state index contributed by atoms with van der Waals surface area (Å²) in [6, 6.07) is 5.30. The van der Waals surface area contributed by atoms with E-state index in [9.17, 15) is 4.79 Å². The lowest BCUT2D eigenvalue weighted by Crippen LogP contribution is -2.43. The van der Waals surface area contributed by atoms with Crippen LogP contribution in [-0.4, -0.2) is 11.5 Å². The quantitative estimate of drug-likeness (QED) is 0.838. The van der Waals surface area contributed by atoms with Gasteiger partial charge in [-0.1, -0.05) is 12.5 Å². The molecule has 1 heterocycles. The van der Waals surface area contributed by atoms with Gasteiger partial charge in [0.05, 0.1) is 0 Å². The first-order chi connectivity index (χ1) is 6.27. The molecule has 86 valence electrons. The van der Waals surface area contributed by atoms with Crippen LogP contribution in [0.5, 0.6) is 0 Å². The fourth-order valence-corrected chi connectivity index (χ4v) is 1.94. The third-order valence-electron chi connectivity index (χ3n) is 3.04. The molecule has 5 heteroatoms. The highest BCUT2D eigenvalue weighted by molar-refractivity contribution is 5.85. The number of hydrogen-bond acceptors (Lipinski definition) is 2. The van der Waals surface area contributed by atoms with E-state index in [0.29, 0.717) is 6.54 Å². The predicted octanol–water partition coefficient (Wildman–Crippen LogP) is 1.60. The zero-order chi connectivity index (χ0) is 9.31. The van der Waals surface area contributed by atoms with Crippen molar-refractivity contribution in [3.63, 3.8) is 0 Å². The number of aromatic amines is 1. The SMILES string of the molecule is Cl.Cl.NCC1(c2cccc(=O)[nH]2)CCC1. The normalized spacial score (nSPS) is 16.9. The Labute approximate surface area is 101 Å². The van der Waals surface area contributed by atoms with Crippen molar-refractivity contribution in [2.75, 3.05) is 6.54 Å². The smallest absolute Gasteiger partial charge is 0.248 e. The van der Waals surface area contributed by atoms with Crippen LogP contribution < -0.4 is 11.3 Å². The second-order valence-electron chi connectivity index (χ2n) is 3.77. The molecule has 3 N–H and O–H groups in total. The summed E-state index contributed by atoms with van der Waals surface area (Å²) in [5, 5.41) is 0. The molecule has 1 aliphatic rings. The molecule has 0 unspecified atom stereocenters. The van der Waals surface area contributed by atoms with Crippen LogP contribution in [0.15, 0.2) is 23.0 Å². The van der Waals surface area contributed by atoms with Gasteiger partial charge in [0.15, 0.2) is 0 Å². The molecule has 0 bridgehead atoms. The summed E-state index contributed by atoms with van der Waals surface area (Å²) >= 11 is 0. The molecule has 1 aliphatic carbocycles. The first-order valence-corrected chi connectivity index (χ1v) is 4.67. The molecule has 1 fully saturated rings. The number of nitrogens with one attached hydrogen (secondary N) is 1. The number of H-pyrrole nitrogens is 1. The van der Waals surface area contributed by atoms with E-state index in [1.54, 1.807) is 6.07 Å². The number of rotatable bonds is 2. The minimum Gasteiger partial charge on any atom is -0.330 e. The van der Waals surface area contributed by atoms with Gasteiger partial charge >= 0.3 is 0 Å². The second-order valence-corrected chi connectivity index (χ2v) is 3.77. The lowest BCUT2D eigenvalue weighted by atomic mass is 9.66. The Morgan fingerprint density at radius 1 is 1.33 bits per heavy atom. The maximum atomic E-state index is 11.1. The molecule has 0 saturated heterocycles. The number of aromatic nitrogens is 1. The van der Waals surface area contributed by atoms with Crippen LogP contribution in [0.1, 0.15) is 25.0 Å². The molecule has 0 radical (unpaired) electrons. The lowest BCUT2D eigenvalue weighted by molar-refractivity contribution is 0.245. The average Bonchev–Trinajstić information content (AvgIpc) is 2.03. The Hall–Kier alpha value is -0.510. The van der Waals surface area contributed by atoms with E-state index < -0.39 is 0 Å². The van der Waals surface area contributed by atoms with Crippen LogP contribution in [0.4, 0.5) is 0 Å². The predicted molar refractivity (Wildman–Crippen MR) is 66.1 cm³/mol. The van der Waals surface area contributed by atoms with Gasteiger partial charge in [0, 0.05) is 23.7 Å². The molecule has 1 saturated carbocycles. The van der Waals surface area contributed by atoms with E-state index in [4.69, 9.17) is 5.73 Å². The summed E-state index contributed by atoms with van der Waals surface area (Å²) < 4.78 is 0. The van der Waals surface area contributed by atoms with Crippen molar-refractivity contribution >= 4 is 24.8 Å². The monoisotopic (exact) mass is 250 g/mol. The van der Waals surface area contributed by atoms with Gasteiger partial charge < -0.3 is 10.7 Å². The van der Waals surface area contributed by atoms with Gasteiger partial charge in [0.1, 0.15) is 0 Å². The lowest BCUT2D eigenvalue weighted by Gasteiger charge is -2.40. The molecule has 0 atom stereocenters. The van der Waals surface area contributed by atoms with Crippen molar-refractivity contribution in [1.82, 2.24) is 4.98 Å². The first kappa shape index (κ1) is 14.5. The highest BCUT2D eigenvalue weighted by Crippen LogP contribution is 2.41. The minimum absolute atomic E-state index is 0. The van der Waals surface area contributed by atoms with Crippen LogP contribution in [-0.2, 0) is 5.41 Å². The first-order valence-electron chi connectivity index (χ1n) is 4.67. The molecule has 15 heavy (non-hydrogen) atoms. The number of nitrogens with two attached hydrogens (primary N) is 1. The van der Waals surface area contributed by atoms with E-state index in [0.717, 1.165) is 18.5 Å². The maximum absolute atomic E-state index is 11.1. The molecular weight excluding hydrogens is 235 g/mol. The Morgan fingerprint density at radius 2 is 2.00 bits per heavy atom. The van der Waals surface area contributed by atoms with Crippen LogP contribution in [0, 0.1) is 0 Å². The van der Waals surface area contributed by atoms with Gasteiger partial charge in [-0.15, -0.1) is 24.8 Å². The van der Waals surface area contributed by atoms with Crippen LogP contribution >= 0.6 is 24.8 Å². The Bertz CT molecular complexity index is 355. The van der Waals surface area contributed by atoms with Crippen LogP contribution in [0.3, 0.4) is 0 Å². The highest BCUT2D eigenvalue weighted by Gasteiger charge is 2.37. The standard InChI is InChI=1S/C10H14N2O.2ClH/c11-7-10(5-2-6-10)8-3-1-4-9(13)12-8;;/h1,3-4H,2,5-7,11H2,(H,12,13);2*1H. The molecule has 1 aromatic heterocycles. The average molecular weight is 251 g/mol. The molecular formula is C10H16Cl2N2O. The van der Waals surface area contributed by atoms with E-state index in [2.05, 4.69) is 4.98 Å². The van der Waals surface area contributed by atoms with Crippen LogP contribution in [0.25, 0.3) is 0 Å². The van der Waals surface area contributed by atoms with E-state index in [-0.39, 0.29) is 35.8 Å². The number of hydrogen-bond donors (Lipinski definition) is 2. The summed E-state index contributed by atoms with van der Waals surface area (Å²) in [5.74, 6) is 0. The van der Waals surface area contributed by atoms with E-state index >= 15 is 0 Å². The van der Waals surface area contributed by atoms with E-state index in [1.807, 2.05) is 6.07 Å². The van der Waals surface area contributed by atoms with Crippen molar-refractivity contribution in [1.29, 1.82) is 0 Å². The molecule has 3 nitrogen and oxygen atoms in total. The minimum atomic E-state index is -0.0303. The largest absolute Gasteiger partial charge is 0.330 e. The molecule has 0 aliphatic heterocycles. The summed E-state index contributed by atoms with van der Waals surface area (Å²) in [6.45, 7) is 0.632. The van der Waals surface area contributed by atoms with Gasteiger partial charge in [-0.25, -0.2) is 0 Å². The highest BCUT2D eigenvalue weighted by atomic mass is 35.5. The summed E-state index contributed by atoms with van der Waals surface area (Å²) in [5.41, 5.74) is 6.78. The van der Waals surface area contributed by atoms with Crippen molar-refractivity contribution in [3.8, 4) is 0 Å². The third-order valence-corrected chi connectivity index (χ3v) is 3.04. The molecule has 0 amide bonds. The van der Waals surface area contributed by atoms with Crippen molar-refractivity contribution in [3.05, 3.63) is 34.2 Å². The Kier molecular flexibility index (Phi) is 5.35. The number of halogens is 2. The number of pyridine rings is 1. The zero-order valence-corrected chi connectivity index (χ0v) is 10.00. The van der Waals surface area contributed by atoms with Crippen molar-refractivity contribution < 1.29 is 0 Å². The fraction of sp³-hybridized carbons (Fsp3) is 0.500. The van der Waals surface area contributed by atoms with Crippen molar-refractivity contribution in [2.24, 2.45) is 5.73 Å². The maximum Gasteiger partial charge on any atom is 0.248 e.